The molecule has 0 aromatic carbocycles. The summed E-state index contributed by atoms with van der Waals surface area (Å²) in [6.45, 7) is 10.1. The van der Waals surface area contributed by atoms with Crippen molar-refractivity contribution < 1.29 is 9.53 Å². The first-order valence-electron chi connectivity index (χ1n) is 4.63. The van der Waals surface area contributed by atoms with Crippen molar-refractivity contribution in [1.29, 1.82) is 0 Å². The molecule has 0 saturated carbocycles. The lowest BCUT2D eigenvalue weighted by Crippen LogP contribution is -2.50. The van der Waals surface area contributed by atoms with Crippen molar-refractivity contribution in [1.82, 2.24) is 5.32 Å². The molecule has 0 aromatic heterocycles. The molecule has 1 N–H and O–H groups in total. The Morgan fingerprint density at radius 2 is 1.77 bits per heavy atom. The van der Waals surface area contributed by atoms with Gasteiger partial charge in [0.15, 0.2) is 0 Å². The molecular weight excluding hydrogens is 166 g/mol. The number of rotatable bonds is 3. The van der Waals surface area contributed by atoms with Crippen LogP contribution in [0.15, 0.2) is 0 Å². The molecule has 0 amide bonds. The monoisotopic (exact) mass is 187 g/mol. The van der Waals surface area contributed by atoms with Gasteiger partial charge in [-0.1, -0.05) is 13.8 Å². The van der Waals surface area contributed by atoms with E-state index in [1.807, 2.05) is 34.6 Å². The second-order valence-corrected chi connectivity index (χ2v) is 4.64. The number of nitrogens with one attached hydrogen (secondary N) is 1. The maximum absolute atomic E-state index is 11.3. The highest BCUT2D eigenvalue weighted by Gasteiger charge is 2.26. The summed E-state index contributed by atoms with van der Waals surface area (Å²) >= 11 is 0. The summed E-state index contributed by atoms with van der Waals surface area (Å²) in [6, 6.07) is -0.218. The summed E-state index contributed by atoms with van der Waals surface area (Å²) in [7, 11) is 1.42. The summed E-state index contributed by atoms with van der Waals surface area (Å²) in [4.78, 5) is 11.3. The fourth-order valence-corrected chi connectivity index (χ4v) is 1.09. The molecule has 1 atom stereocenters. The Morgan fingerprint density at radius 1 is 1.31 bits per heavy atom. The highest BCUT2D eigenvalue weighted by Crippen LogP contribution is 2.09. The predicted molar refractivity (Wildman–Crippen MR) is 53.5 cm³/mol. The van der Waals surface area contributed by atoms with Crippen molar-refractivity contribution in [3.63, 3.8) is 0 Å². The molecule has 0 unspecified atom stereocenters. The standard InChI is InChI=1S/C10H21NO2/c1-7(2)8(9(12)13-6)11-10(3,4)5/h7-8,11H,1-6H3/t8-/m0/s1. The second kappa shape index (κ2) is 4.61. The fourth-order valence-electron chi connectivity index (χ4n) is 1.09. The zero-order valence-corrected chi connectivity index (χ0v) is 9.47. The number of esters is 1. The Hall–Kier alpha value is -0.570. The SMILES string of the molecule is COC(=O)[C@@H](NC(C)(C)C)C(C)C. The normalized spacial score (nSPS) is 14.4. The van der Waals surface area contributed by atoms with Gasteiger partial charge in [-0.2, -0.15) is 0 Å². The van der Waals surface area contributed by atoms with Crippen LogP contribution in [0.2, 0.25) is 0 Å². The topological polar surface area (TPSA) is 38.3 Å². The van der Waals surface area contributed by atoms with Gasteiger partial charge in [0.1, 0.15) is 6.04 Å². The summed E-state index contributed by atoms with van der Waals surface area (Å²) in [5, 5.41) is 3.23. The van der Waals surface area contributed by atoms with Crippen molar-refractivity contribution in [2.45, 2.75) is 46.2 Å². The van der Waals surface area contributed by atoms with Gasteiger partial charge < -0.3 is 4.74 Å². The molecule has 0 aliphatic carbocycles. The summed E-state index contributed by atoms with van der Waals surface area (Å²) in [5.74, 6) is 0.0524. The van der Waals surface area contributed by atoms with Crippen LogP contribution in [0.4, 0.5) is 0 Å². The van der Waals surface area contributed by atoms with Crippen molar-refractivity contribution in [3.8, 4) is 0 Å². The molecular formula is C10H21NO2. The third-order valence-corrected chi connectivity index (χ3v) is 1.71. The van der Waals surface area contributed by atoms with E-state index in [0.717, 1.165) is 0 Å². The molecule has 3 heteroatoms. The lowest BCUT2D eigenvalue weighted by atomic mass is 10.00. The molecule has 0 aliphatic rings. The van der Waals surface area contributed by atoms with Crippen LogP contribution in [-0.2, 0) is 9.53 Å². The molecule has 0 aromatic rings. The molecule has 0 heterocycles. The van der Waals surface area contributed by atoms with E-state index in [1.165, 1.54) is 7.11 Å². The van der Waals surface area contributed by atoms with E-state index >= 15 is 0 Å². The van der Waals surface area contributed by atoms with Crippen LogP contribution in [-0.4, -0.2) is 24.7 Å². The summed E-state index contributed by atoms with van der Waals surface area (Å²) in [6.07, 6.45) is 0. The molecule has 3 nitrogen and oxygen atoms in total. The van der Waals surface area contributed by atoms with Crippen LogP contribution in [0.3, 0.4) is 0 Å². The maximum atomic E-state index is 11.3. The minimum atomic E-state index is -0.218. The molecule has 0 bridgehead atoms. The van der Waals surface area contributed by atoms with E-state index in [4.69, 9.17) is 4.74 Å². The Balaban J connectivity index is 4.36. The van der Waals surface area contributed by atoms with Gasteiger partial charge in [-0.25, -0.2) is 0 Å². The van der Waals surface area contributed by atoms with Crippen LogP contribution >= 0.6 is 0 Å². The minimum Gasteiger partial charge on any atom is -0.468 e. The van der Waals surface area contributed by atoms with Crippen LogP contribution < -0.4 is 5.32 Å². The Labute approximate surface area is 80.8 Å². The first-order valence-corrected chi connectivity index (χ1v) is 4.63. The maximum Gasteiger partial charge on any atom is 0.323 e. The largest absolute Gasteiger partial charge is 0.468 e. The fraction of sp³-hybridized carbons (Fsp3) is 0.900. The smallest absolute Gasteiger partial charge is 0.323 e. The van der Waals surface area contributed by atoms with E-state index in [2.05, 4.69) is 5.32 Å². The average molecular weight is 187 g/mol. The molecule has 0 radical (unpaired) electrons. The highest BCUT2D eigenvalue weighted by atomic mass is 16.5. The summed E-state index contributed by atoms with van der Waals surface area (Å²) in [5.41, 5.74) is -0.0663. The number of ether oxygens (including phenoxy) is 1. The van der Waals surface area contributed by atoms with Gasteiger partial charge >= 0.3 is 5.97 Å². The van der Waals surface area contributed by atoms with Crippen LogP contribution in [0.5, 0.6) is 0 Å². The van der Waals surface area contributed by atoms with E-state index in [0.29, 0.717) is 0 Å². The lowest BCUT2D eigenvalue weighted by Gasteiger charge is -2.29. The van der Waals surface area contributed by atoms with Crippen LogP contribution in [0.1, 0.15) is 34.6 Å². The molecule has 0 fully saturated rings. The molecule has 78 valence electrons. The molecule has 0 spiro atoms. The van der Waals surface area contributed by atoms with Gasteiger partial charge in [0, 0.05) is 5.54 Å². The second-order valence-electron chi connectivity index (χ2n) is 4.64. The van der Waals surface area contributed by atoms with Crippen LogP contribution in [0.25, 0.3) is 0 Å². The molecule has 0 saturated heterocycles. The third-order valence-electron chi connectivity index (χ3n) is 1.71. The number of carbonyl (C=O) groups excluding carboxylic acids is 1. The van der Waals surface area contributed by atoms with Gasteiger partial charge in [0.05, 0.1) is 7.11 Å². The van der Waals surface area contributed by atoms with Crippen molar-refractivity contribution >= 4 is 5.97 Å². The number of hydrogen-bond donors (Lipinski definition) is 1. The average Bonchev–Trinajstić information content (AvgIpc) is 1.96. The predicted octanol–water partition coefficient (Wildman–Crippen LogP) is 1.57. The number of methoxy groups -OCH3 is 1. The van der Waals surface area contributed by atoms with Gasteiger partial charge in [-0.3, -0.25) is 10.1 Å². The Bertz CT molecular complexity index is 170. The zero-order valence-electron chi connectivity index (χ0n) is 9.47. The Kier molecular flexibility index (Phi) is 4.40. The molecule has 0 aliphatic heterocycles. The number of hydrogen-bond acceptors (Lipinski definition) is 3. The van der Waals surface area contributed by atoms with Gasteiger partial charge in [-0.05, 0) is 26.7 Å². The van der Waals surface area contributed by atoms with Crippen LogP contribution in [0, 0.1) is 5.92 Å². The van der Waals surface area contributed by atoms with Gasteiger partial charge in [0.2, 0.25) is 0 Å². The Morgan fingerprint density at radius 3 is 2.00 bits per heavy atom. The number of carbonyl (C=O) groups is 1. The first-order chi connectivity index (χ1) is 5.78. The molecule has 0 rings (SSSR count). The lowest BCUT2D eigenvalue weighted by molar-refractivity contribution is -0.144. The third kappa shape index (κ3) is 4.88. The van der Waals surface area contributed by atoms with Gasteiger partial charge in [0.25, 0.3) is 0 Å². The van der Waals surface area contributed by atoms with E-state index < -0.39 is 0 Å². The zero-order chi connectivity index (χ0) is 10.6. The first kappa shape index (κ1) is 12.4. The quantitative estimate of drug-likeness (QED) is 0.682. The van der Waals surface area contributed by atoms with Crippen molar-refractivity contribution in [2.75, 3.05) is 7.11 Å². The highest BCUT2D eigenvalue weighted by molar-refractivity contribution is 5.76. The van der Waals surface area contributed by atoms with E-state index in [9.17, 15) is 4.79 Å². The van der Waals surface area contributed by atoms with E-state index in [-0.39, 0.29) is 23.5 Å². The van der Waals surface area contributed by atoms with Crippen molar-refractivity contribution in [3.05, 3.63) is 0 Å². The molecule has 13 heavy (non-hydrogen) atoms. The summed E-state index contributed by atoms with van der Waals surface area (Å²) < 4.78 is 4.72. The van der Waals surface area contributed by atoms with E-state index in [1.54, 1.807) is 0 Å². The van der Waals surface area contributed by atoms with Crippen molar-refractivity contribution in [2.24, 2.45) is 5.92 Å². The van der Waals surface area contributed by atoms with Gasteiger partial charge in [-0.15, -0.1) is 0 Å². The minimum absolute atomic E-state index is 0.0663.